The van der Waals surface area contributed by atoms with Gasteiger partial charge in [0.25, 0.3) is 5.56 Å². The smallest absolute Gasteiger partial charge is 0.308 e. The highest BCUT2D eigenvalue weighted by atomic mass is 19.1. The number of aromatic amines is 1. The predicted molar refractivity (Wildman–Crippen MR) is 109 cm³/mol. The van der Waals surface area contributed by atoms with Gasteiger partial charge < -0.3 is 5.32 Å². The maximum absolute atomic E-state index is 13.0. The summed E-state index contributed by atoms with van der Waals surface area (Å²) in [4.78, 5) is 31.5. The van der Waals surface area contributed by atoms with Crippen LogP contribution in [0.2, 0.25) is 0 Å². The Labute approximate surface area is 167 Å². The highest BCUT2D eigenvalue weighted by Gasteiger charge is 2.22. The number of hydrogen-bond donors (Lipinski definition) is 3. The molecule has 29 heavy (non-hydrogen) atoms. The van der Waals surface area contributed by atoms with Crippen molar-refractivity contribution in [1.29, 1.82) is 0 Å². The Kier molecular flexibility index (Phi) is 5.49. The topological polar surface area (TPSA) is 105 Å². The number of anilines is 2. The summed E-state index contributed by atoms with van der Waals surface area (Å²) < 4.78 is 14.4. The molecule has 0 atom stereocenters. The monoisotopic (exact) mass is 398 g/mol. The van der Waals surface area contributed by atoms with E-state index in [9.17, 15) is 14.0 Å². The molecule has 0 saturated carbocycles. The summed E-state index contributed by atoms with van der Waals surface area (Å²) in [6.07, 6.45) is 0.581. The second-order valence-corrected chi connectivity index (χ2v) is 7.58. The van der Waals surface area contributed by atoms with Crippen LogP contribution < -0.4 is 16.2 Å². The van der Waals surface area contributed by atoms with E-state index < -0.39 is 11.8 Å². The molecule has 152 valence electrons. The van der Waals surface area contributed by atoms with Gasteiger partial charge in [-0.05, 0) is 30.7 Å². The van der Waals surface area contributed by atoms with Gasteiger partial charge in [0.15, 0.2) is 0 Å². The Morgan fingerprint density at radius 2 is 1.86 bits per heavy atom. The molecule has 3 rings (SSSR count). The molecule has 2 heterocycles. The molecule has 3 N–H and O–H groups in total. The zero-order chi connectivity index (χ0) is 21.2. The molecule has 2 aromatic heterocycles. The van der Waals surface area contributed by atoms with Crippen LogP contribution >= 0.6 is 0 Å². The Morgan fingerprint density at radius 3 is 2.48 bits per heavy atom. The molecule has 0 aliphatic heterocycles. The van der Waals surface area contributed by atoms with Crippen LogP contribution in [0.15, 0.2) is 41.2 Å². The van der Waals surface area contributed by atoms with Gasteiger partial charge in [0, 0.05) is 28.9 Å². The zero-order valence-corrected chi connectivity index (χ0v) is 16.7. The van der Waals surface area contributed by atoms with Gasteiger partial charge in [0.05, 0.1) is 5.69 Å². The molecular weight excluding hydrogens is 375 g/mol. The lowest BCUT2D eigenvalue weighted by atomic mass is 9.92. The van der Waals surface area contributed by atoms with Gasteiger partial charge in [-0.3, -0.25) is 15.1 Å². The lowest BCUT2D eigenvalue weighted by Crippen LogP contribution is -2.23. The molecule has 9 heteroatoms. The molecule has 0 bridgehead atoms. The van der Waals surface area contributed by atoms with Crippen LogP contribution in [0.4, 0.5) is 20.7 Å². The van der Waals surface area contributed by atoms with E-state index in [0.29, 0.717) is 29.3 Å². The molecule has 0 unspecified atom stereocenters. The van der Waals surface area contributed by atoms with Crippen LogP contribution in [0.25, 0.3) is 5.95 Å². The summed E-state index contributed by atoms with van der Waals surface area (Å²) in [5.41, 5.74) is 1.15. The highest BCUT2D eigenvalue weighted by molar-refractivity contribution is 5.99. The van der Waals surface area contributed by atoms with Crippen molar-refractivity contribution in [3.05, 3.63) is 64.0 Å². The van der Waals surface area contributed by atoms with Gasteiger partial charge in [-0.15, -0.1) is 0 Å². The summed E-state index contributed by atoms with van der Waals surface area (Å²) in [6.45, 7) is 7.85. The number of aryl methyl sites for hydroxylation is 1. The van der Waals surface area contributed by atoms with Gasteiger partial charge in [-0.1, -0.05) is 27.7 Å². The molecule has 8 nitrogen and oxygen atoms in total. The first-order valence-electron chi connectivity index (χ1n) is 9.20. The van der Waals surface area contributed by atoms with E-state index in [1.54, 1.807) is 6.07 Å². The van der Waals surface area contributed by atoms with Gasteiger partial charge in [0.2, 0.25) is 5.95 Å². The molecule has 0 fully saturated rings. The number of urea groups is 1. The Bertz CT molecular complexity index is 1080. The Hall–Kier alpha value is -3.49. The second-order valence-electron chi connectivity index (χ2n) is 7.58. The van der Waals surface area contributed by atoms with Crippen molar-refractivity contribution in [3.8, 4) is 5.95 Å². The summed E-state index contributed by atoms with van der Waals surface area (Å²) in [6, 6.07) is 8.03. The normalized spacial score (nSPS) is 11.3. The van der Waals surface area contributed by atoms with E-state index in [2.05, 4.69) is 25.7 Å². The third-order valence-corrected chi connectivity index (χ3v) is 4.17. The number of aromatic nitrogens is 4. The minimum Gasteiger partial charge on any atom is -0.308 e. The van der Waals surface area contributed by atoms with Crippen LogP contribution in [-0.4, -0.2) is 25.8 Å². The first kappa shape index (κ1) is 20.2. The highest BCUT2D eigenvalue weighted by Crippen LogP contribution is 2.25. The standard InChI is InChI=1S/C20H23FN6O2/c1-5-13-10-17(28)25-18(22-13)27-16(11-15(26-27)20(2,3)4)24-19(29)23-14-8-6-12(21)7-9-14/h6-11H,5H2,1-4H3,(H,22,25,28)(H2,23,24,29). The minimum absolute atomic E-state index is 0.210. The summed E-state index contributed by atoms with van der Waals surface area (Å²) in [5.74, 6) is 0.155. The fraction of sp³-hybridized carbons (Fsp3) is 0.300. The first-order chi connectivity index (χ1) is 13.7. The van der Waals surface area contributed by atoms with E-state index in [0.717, 1.165) is 0 Å². The average Bonchev–Trinajstić information content (AvgIpc) is 3.07. The molecule has 0 spiro atoms. The zero-order valence-electron chi connectivity index (χ0n) is 16.7. The van der Waals surface area contributed by atoms with Crippen LogP contribution in [-0.2, 0) is 11.8 Å². The van der Waals surface area contributed by atoms with E-state index in [4.69, 9.17) is 0 Å². The second kappa shape index (κ2) is 7.86. The predicted octanol–water partition coefficient (Wildman–Crippen LogP) is 3.60. The van der Waals surface area contributed by atoms with Crippen molar-refractivity contribution in [3.63, 3.8) is 0 Å². The largest absolute Gasteiger partial charge is 0.324 e. The quantitative estimate of drug-likeness (QED) is 0.624. The number of carbonyl (C=O) groups is 1. The molecule has 0 aliphatic carbocycles. The number of nitrogens with zero attached hydrogens (tertiary/aromatic N) is 3. The fourth-order valence-electron chi connectivity index (χ4n) is 2.59. The van der Waals surface area contributed by atoms with Crippen molar-refractivity contribution in [1.82, 2.24) is 19.7 Å². The fourth-order valence-corrected chi connectivity index (χ4v) is 2.59. The molecule has 2 amide bonds. The maximum atomic E-state index is 13.0. The number of amides is 2. The van der Waals surface area contributed by atoms with Gasteiger partial charge in [-0.2, -0.15) is 9.78 Å². The van der Waals surface area contributed by atoms with Crippen LogP contribution in [0.1, 0.15) is 39.1 Å². The third-order valence-electron chi connectivity index (χ3n) is 4.17. The minimum atomic E-state index is -0.535. The van der Waals surface area contributed by atoms with E-state index in [1.165, 1.54) is 35.0 Å². The third kappa shape index (κ3) is 4.87. The lowest BCUT2D eigenvalue weighted by molar-refractivity contribution is 0.262. The van der Waals surface area contributed by atoms with Crippen molar-refractivity contribution in [2.24, 2.45) is 0 Å². The van der Waals surface area contributed by atoms with E-state index in [1.807, 2.05) is 27.7 Å². The van der Waals surface area contributed by atoms with Gasteiger partial charge in [0.1, 0.15) is 11.6 Å². The molecule has 1 aromatic carbocycles. The first-order valence-corrected chi connectivity index (χ1v) is 9.20. The molecule has 0 aliphatic rings. The number of benzene rings is 1. The maximum Gasteiger partial charge on any atom is 0.324 e. The summed E-state index contributed by atoms with van der Waals surface area (Å²) in [5, 5.41) is 9.88. The number of halogens is 1. The Balaban J connectivity index is 1.96. The van der Waals surface area contributed by atoms with Crippen molar-refractivity contribution in [2.75, 3.05) is 10.6 Å². The SMILES string of the molecule is CCc1cc(=O)[nH]c(-n2nc(C(C)(C)C)cc2NC(=O)Nc2ccc(F)cc2)n1. The Morgan fingerprint density at radius 1 is 1.17 bits per heavy atom. The van der Waals surface area contributed by atoms with Crippen LogP contribution in [0.3, 0.4) is 0 Å². The van der Waals surface area contributed by atoms with Crippen molar-refractivity contribution < 1.29 is 9.18 Å². The molecule has 0 saturated heterocycles. The van der Waals surface area contributed by atoms with Crippen molar-refractivity contribution in [2.45, 2.75) is 39.5 Å². The number of hydrogen-bond acceptors (Lipinski definition) is 4. The summed E-state index contributed by atoms with van der Waals surface area (Å²) in [7, 11) is 0. The number of H-pyrrole nitrogens is 1. The van der Waals surface area contributed by atoms with Crippen LogP contribution in [0, 0.1) is 5.82 Å². The molecule has 0 radical (unpaired) electrons. The number of carbonyl (C=O) groups excluding carboxylic acids is 1. The van der Waals surface area contributed by atoms with Gasteiger partial charge in [-0.25, -0.2) is 14.2 Å². The average molecular weight is 398 g/mol. The number of nitrogens with one attached hydrogen (secondary N) is 3. The summed E-state index contributed by atoms with van der Waals surface area (Å²) >= 11 is 0. The van der Waals surface area contributed by atoms with E-state index >= 15 is 0 Å². The lowest BCUT2D eigenvalue weighted by Gasteiger charge is -2.13. The van der Waals surface area contributed by atoms with Crippen LogP contribution in [0.5, 0.6) is 0 Å². The molecule has 3 aromatic rings. The van der Waals surface area contributed by atoms with Gasteiger partial charge >= 0.3 is 6.03 Å². The van der Waals surface area contributed by atoms with E-state index in [-0.39, 0.29) is 16.9 Å². The van der Waals surface area contributed by atoms with Crippen molar-refractivity contribution >= 4 is 17.5 Å². The number of rotatable bonds is 4. The molecular formula is C20H23FN6O2.